The van der Waals surface area contributed by atoms with E-state index in [0.717, 1.165) is 5.56 Å². The molecule has 1 aliphatic heterocycles. The Hall–Kier alpha value is -2.41. The van der Waals surface area contributed by atoms with Crippen LogP contribution in [0, 0.1) is 5.92 Å². The minimum absolute atomic E-state index is 0.00655. The number of amides is 1. The molecule has 126 valence electrons. The van der Waals surface area contributed by atoms with Gasteiger partial charge >= 0.3 is 5.97 Å². The number of likely N-dealkylation sites (tertiary alicyclic amines) is 1. The molecule has 2 N–H and O–H groups in total. The van der Waals surface area contributed by atoms with Gasteiger partial charge in [0.2, 0.25) is 5.91 Å². The van der Waals surface area contributed by atoms with Crippen LogP contribution in [-0.2, 0) is 16.0 Å². The molecular formula is C16H17ClN4O3. The number of H-pyrrole nitrogens is 1. The summed E-state index contributed by atoms with van der Waals surface area (Å²) >= 11 is 6.11. The second-order valence-corrected chi connectivity index (χ2v) is 6.33. The third-order valence-corrected chi connectivity index (χ3v) is 4.71. The zero-order valence-electron chi connectivity index (χ0n) is 12.9. The molecule has 1 aromatic heterocycles. The van der Waals surface area contributed by atoms with Gasteiger partial charge in [-0.3, -0.25) is 9.59 Å². The molecule has 1 fully saturated rings. The molecular weight excluding hydrogens is 332 g/mol. The number of carboxylic acids is 1. The summed E-state index contributed by atoms with van der Waals surface area (Å²) in [7, 11) is 0. The van der Waals surface area contributed by atoms with Crippen molar-refractivity contribution in [3.8, 4) is 0 Å². The van der Waals surface area contributed by atoms with Crippen molar-refractivity contribution >= 4 is 23.5 Å². The first kappa shape index (κ1) is 16.4. The second kappa shape index (κ2) is 7.00. The Bertz CT molecular complexity index is 735. The summed E-state index contributed by atoms with van der Waals surface area (Å²) in [6.45, 7) is 0.834. The van der Waals surface area contributed by atoms with Crippen LogP contribution >= 0.6 is 11.6 Å². The quantitative estimate of drug-likeness (QED) is 0.857. The lowest BCUT2D eigenvalue weighted by atomic mass is 9.91. The first-order chi connectivity index (χ1) is 11.5. The zero-order valence-corrected chi connectivity index (χ0v) is 13.6. The maximum atomic E-state index is 12.6. The summed E-state index contributed by atoms with van der Waals surface area (Å²) in [5, 5.41) is 20.1. The van der Waals surface area contributed by atoms with E-state index in [2.05, 4.69) is 15.4 Å². The Labute approximate surface area is 143 Å². The molecule has 7 nitrogen and oxygen atoms in total. The Morgan fingerprint density at radius 3 is 2.79 bits per heavy atom. The maximum Gasteiger partial charge on any atom is 0.303 e. The molecule has 1 amide bonds. The van der Waals surface area contributed by atoms with Crippen LogP contribution in [0.3, 0.4) is 0 Å². The number of hydrogen-bond donors (Lipinski definition) is 2. The molecule has 2 aromatic rings. The highest BCUT2D eigenvalue weighted by Crippen LogP contribution is 2.34. The SMILES string of the molecule is O=C(O)CC1CN(C(=O)Cc2ccccc2Cl)CC1c1cn[nH]n1. The van der Waals surface area contributed by atoms with E-state index in [-0.39, 0.29) is 30.6 Å². The Kier molecular flexibility index (Phi) is 4.80. The van der Waals surface area contributed by atoms with Gasteiger partial charge in [0.05, 0.1) is 24.7 Å². The minimum atomic E-state index is -0.881. The van der Waals surface area contributed by atoms with Gasteiger partial charge in [0, 0.05) is 24.0 Å². The predicted molar refractivity (Wildman–Crippen MR) is 86.6 cm³/mol. The lowest BCUT2D eigenvalue weighted by molar-refractivity contribution is -0.138. The van der Waals surface area contributed by atoms with Crippen LogP contribution in [0.4, 0.5) is 0 Å². The van der Waals surface area contributed by atoms with Gasteiger partial charge in [0.25, 0.3) is 0 Å². The highest BCUT2D eigenvalue weighted by Gasteiger charge is 2.38. The normalized spacial score (nSPS) is 20.3. The summed E-state index contributed by atoms with van der Waals surface area (Å²) in [5.74, 6) is -1.25. The van der Waals surface area contributed by atoms with Crippen LogP contribution in [0.5, 0.6) is 0 Å². The third-order valence-electron chi connectivity index (χ3n) is 4.34. The molecule has 24 heavy (non-hydrogen) atoms. The fourth-order valence-corrected chi connectivity index (χ4v) is 3.35. The van der Waals surface area contributed by atoms with Crippen molar-refractivity contribution in [3.63, 3.8) is 0 Å². The molecule has 0 aliphatic carbocycles. The zero-order chi connectivity index (χ0) is 17.1. The number of nitrogens with one attached hydrogen (secondary N) is 1. The van der Waals surface area contributed by atoms with Gasteiger partial charge in [0.1, 0.15) is 0 Å². The van der Waals surface area contributed by atoms with E-state index in [1.807, 2.05) is 18.2 Å². The fraction of sp³-hybridized carbons (Fsp3) is 0.375. The molecule has 1 saturated heterocycles. The Morgan fingerprint density at radius 1 is 1.33 bits per heavy atom. The molecule has 0 saturated carbocycles. The molecule has 8 heteroatoms. The van der Waals surface area contributed by atoms with Gasteiger partial charge in [-0.05, 0) is 17.5 Å². The monoisotopic (exact) mass is 348 g/mol. The van der Waals surface area contributed by atoms with Gasteiger partial charge in [-0.25, -0.2) is 0 Å². The number of nitrogens with zero attached hydrogens (tertiary/aromatic N) is 3. The van der Waals surface area contributed by atoms with Crippen molar-refractivity contribution in [1.29, 1.82) is 0 Å². The average molecular weight is 349 g/mol. The molecule has 0 bridgehead atoms. The van der Waals surface area contributed by atoms with E-state index < -0.39 is 5.97 Å². The van der Waals surface area contributed by atoms with Crippen molar-refractivity contribution in [2.24, 2.45) is 5.92 Å². The van der Waals surface area contributed by atoms with Gasteiger partial charge in [-0.2, -0.15) is 15.4 Å². The second-order valence-electron chi connectivity index (χ2n) is 5.93. The Morgan fingerprint density at radius 2 is 2.12 bits per heavy atom. The van der Waals surface area contributed by atoms with Crippen molar-refractivity contribution in [1.82, 2.24) is 20.3 Å². The van der Waals surface area contributed by atoms with Gasteiger partial charge < -0.3 is 10.0 Å². The van der Waals surface area contributed by atoms with Crippen LogP contribution in [0.25, 0.3) is 0 Å². The molecule has 1 aliphatic rings. The summed E-state index contributed by atoms with van der Waals surface area (Å²) in [5.41, 5.74) is 1.46. The maximum absolute atomic E-state index is 12.6. The van der Waals surface area contributed by atoms with E-state index in [1.54, 1.807) is 17.2 Å². The molecule has 2 atom stereocenters. The minimum Gasteiger partial charge on any atom is -0.481 e. The van der Waals surface area contributed by atoms with Crippen molar-refractivity contribution in [2.45, 2.75) is 18.8 Å². The van der Waals surface area contributed by atoms with Crippen LogP contribution < -0.4 is 0 Å². The lowest BCUT2D eigenvalue weighted by Gasteiger charge is -2.16. The van der Waals surface area contributed by atoms with E-state index in [9.17, 15) is 9.59 Å². The molecule has 0 radical (unpaired) electrons. The van der Waals surface area contributed by atoms with Crippen molar-refractivity contribution in [3.05, 3.63) is 46.7 Å². The highest BCUT2D eigenvalue weighted by atomic mass is 35.5. The number of rotatable bonds is 5. The lowest BCUT2D eigenvalue weighted by Crippen LogP contribution is -2.30. The summed E-state index contributed by atoms with van der Waals surface area (Å²) in [6, 6.07) is 7.22. The van der Waals surface area contributed by atoms with Crippen LogP contribution in [-0.4, -0.2) is 50.4 Å². The number of carboxylic acid groups (broad SMARTS) is 1. The third kappa shape index (κ3) is 3.56. The molecule has 3 rings (SSSR count). The predicted octanol–water partition coefficient (Wildman–Crippen LogP) is 1.72. The van der Waals surface area contributed by atoms with E-state index in [0.29, 0.717) is 23.8 Å². The standard InChI is InChI=1S/C16H17ClN4O3/c17-13-4-2-1-3-10(13)5-15(22)21-8-11(6-16(23)24)12(9-21)14-7-18-20-19-14/h1-4,7,11-12H,5-6,8-9H2,(H,23,24)(H,18,19,20). The van der Waals surface area contributed by atoms with Crippen LogP contribution in [0.1, 0.15) is 23.6 Å². The fourth-order valence-electron chi connectivity index (χ4n) is 3.15. The number of benzene rings is 1. The number of aromatic amines is 1. The highest BCUT2D eigenvalue weighted by molar-refractivity contribution is 6.31. The van der Waals surface area contributed by atoms with Gasteiger partial charge in [-0.1, -0.05) is 29.8 Å². The average Bonchev–Trinajstić information content (AvgIpc) is 3.18. The molecule has 2 heterocycles. The largest absolute Gasteiger partial charge is 0.481 e. The van der Waals surface area contributed by atoms with Gasteiger partial charge in [-0.15, -0.1) is 0 Å². The van der Waals surface area contributed by atoms with E-state index >= 15 is 0 Å². The number of aromatic nitrogens is 3. The summed E-state index contributed by atoms with van der Waals surface area (Å²) in [4.78, 5) is 25.4. The van der Waals surface area contributed by atoms with Gasteiger partial charge in [0.15, 0.2) is 0 Å². The van der Waals surface area contributed by atoms with E-state index in [4.69, 9.17) is 16.7 Å². The smallest absolute Gasteiger partial charge is 0.303 e. The molecule has 0 spiro atoms. The first-order valence-corrected chi connectivity index (χ1v) is 8.01. The number of aliphatic carboxylic acids is 1. The first-order valence-electron chi connectivity index (χ1n) is 7.63. The molecule has 2 unspecified atom stereocenters. The topological polar surface area (TPSA) is 99.2 Å². The number of carbonyl (C=O) groups is 2. The van der Waals surface area contributed by atoms with Crippen LogP contribution in [0.15, 0.2) is 30.5 Å². The van der Waals surface area contributed by atoms with Crippen LogP contribution in [0.2, 0.25) is 5.02 Å². The van der Waals surface area contributed by atoms with Crippen molar-refractivity contribution < 1.29 is 14.7 Å². The Balaban J connectivity index is 1.73. The summed E-state index contributed by atoms with van der Waals surface area (Å²) in [6.07, 6.45) is 1.78. The number of carbonyl (C=O) groups excluding carboxylic acids is 1. The molecule has 1 aromatic carbocycles. The van der Waals surface area contributed by atoms with E-state index in [1.165, 1.54) is 0 Å². The van der Waals surface area contributed by atoms with Crippen molar-refractivity contribution in [2.75, 3.05) is 13.1 Å². The number of halogens is 1. The number of hydrogen-bond acceptors (Lipinski definition) is 4. The summed E-state index contributed by atoms with van der Waals surface area (Å²) < 4.78 is 0.